The highest BCUT2D eigenvalue weighted by molar-refractivity contribution is 6.37. The Hall–Kier alpha value is -1.03. The van der Waals surface area contributed by atoms with Crippen LogP contribution in [0.4, 0.5) is 0 Å². The first-order valence-electron chi connectivity index (χ1n) is 3.35. The van der Waals surface area contributed by atoms with Crippen LogP contribution in [0, 0.1) is 0 Å². The zero-order valence-electron chi connectivity index (χ0n) is 6.80. The van der Waals surface area contributed by atoms with E-state index in [1.807, 2.05) is 0 Å². The van der Waals surface area contributed by atoms with Gasteiger partial charge in [0.25, 0.3) is 0 Å². The third kappa shape index (κ3) is 1.77. The lowest BCUT2D eigenvalue weighted by molar-refractivity contribution is 0.0602. The molecule has 12 heavy (non-hydrogen) atoms. The molecule has 5 heteroatoms. The predicted octanol–water partition coefficient (Wildman–Crippen LogP) is -0.220. The minimum atomic E-state index is -0.392. The van der Waals surface area contributed by atoms with E-state index in [-0.39, 0.29) is 0 Å². The maximum atomic E-state index is 11.1. The number of esters is 1. The standard InChI is InChI=1S/C7H7BClNO2/c1-12-7(11)4-2-6(9)10-3-5(4)8/h2-3H,8H2,1H3. The maximum absolute atomic E-state index is 11.1. The molecule has 1 aromatic rings. The summed E-state index contributed by atoms with van der Waals surface area (Å²) in [5, 5.41) is 0.293. The summed E-state index contributed by atoms with van der Waals surface area (Å²) in [5.74, 6) is -0.392. The third-order valence-corrected chi connectivity index (χ3v) is 1.68. The van der Waals surface area contributed by atoms with Crippen LogP contribution in [0.1, 0.15) is 10.4 Å². The number of halogens is 1. The van der Waals surface area contributed by atoms with Crippen LogP contribution in [0.3, 0.4) is 0 Å². The molecular formula is C7H7BClNO2. The molecule has 0 unspecified atom stereocenters. The molecule has 3 nitrogen and oxygen atoms in total. The number of ether oxygens (including phenoxy) is 1. The Morgan fingerprint density at radius 3 is 3.00 bits per heavy atom. The molecule has 0 radical (unpaired) electrons. The van der Waals surface area contributed by atoms with Gasteiger partial charge < -0.3 is 4.74 Å². The molecule has 62 valence electrons. The SMILES string of the molecule is Bc1cnc(Cl)cc1C(=O)OC. The second-order valence-corrected chi connectivity index (χ2v) is 2.70. The lowest BCUT2D eigenvalue weighted by Gasteiger charge is -2.02. The first-order valence-corrected chi connectivity index (χ1v) is 3.73. The normalized spacial score (nSPS) is 9.50. The highest BCUT2D eigenvalue weighted by Crippen LogP contribution is 2.05. The van der Waals surface area contributed by atoms with Crippen molar-refractivity contribution in [2.75, 3.05) is 7.11 Å². The number of aromatic nitrogens is 1. The summed E-state index contributed by atoms with van der Waals surface area (Å²) in [4.78, 5) is 14.9. The van der Waals surface area contributed by atoms with Crippen molar-refractivity contribution in [1.82, 2.24) is 4.98 Å². The van der Waals surface area contributed by atoms with Gasteiger partial charge in [-0.3, -0.25) is 0 Å². The molecule has 0 saturated carbocycles. The van der Waals surface area contributed by atoms with Crippen LogP contribution in [0.25, 0.3) is 0 Å². The molecule has 0 aliphatic rings. The summed E-state index contributed by atoms with van der Waals surface area (Å²) in [6.07, 6.45) is 1.54. The number of carbonyl (C=O) groups excluding carboxylic acids is 1. The van der Waals surface area contributed by atoms with Gasteiger partial charge >= 0.3 is 5.97 Å². The zero-order chi connectivity index (χ0) is 9.14. The van der Waals surface area contributed by atoms with E-state index >= 15 is 0 Å². The van der Waals surface area contributed by atoms with E-state index in [1.54, 1.807) is 7.85 Å². The molecule has 0 aliphatic carbocycles. The molecule has 0 N–H and O–H groups in total. The van der Waals surface area contributed by atoms with Crippen molar-refractivity contribution in [3.8, 4) is 0 Å². The molecule has 1 aromatic heterocycles. The Morgan fingerprint density at radius 1 is 1.75 bits per heavy atom. The molecule has 0 bridgehead atoms. The zero-order valence-corrected chi connectivity index (χ0v) is 7.55. The van der Waals surface area contributed by atoms with Crippen molar-refractivity contribution in [3.63, 3.8) is 0 Å². The van der Waals surface area contributed by atoms with Crippen LogP contribution >= 0.6 is 11.6 Å². The van der Waals surface area contributed by atoms with Crippen LogP contribution in [-0.4, -0.2) is 25.9 Å². The molecule has 0 aromatic carbocycles. The van der Waals surface area contributed by atoms with E-state index in [2.05, 4.69) is 9.72 Å². The van der Waals surface area contributed by atoms with Crippen LogP contribution in [-0.2, 0) is 4.74 Å². The minimum Gasteiger partial charge on any atom is -0.465 e. The summed E-state index contributed by atoms with van der Waals surface area (Å²) < 4.78 is 4.55. The smallest absolute Gasteiger partial charge is 0.337 e. The summed E-state index contributed by atoms with van der Waals surface area (Å²) in [6, 6.07) is 1.49. The summed E-state index contributed by atoms with van der Waals surface area (Å²) in [5.41, 5.74) is 1.21. The molecule has 0 amide bonds. The van der Waals surface area contributed by atoms with Gasteiger partial charge in [-0.05, 0) is 6.07 Å². The molecule has 0 fully saturated rings. The number of rotatable bonds is 1. The van der Waals surface area contributed by atoms with Crippen molar-refractivity contribution in [2.24, 2.45) is 0 Å². The van der Waals surface area contributed by atoms with Crippen LogP contribution in [0.15, 0.2) is 12.3 Å². The highest BCUT2D eigenvalue weighted by Gasteiger charge is 2.09. The molecule has 1 heterocycles. The largest absolute Gasteiger partial charge is 0.465 e. The predicted molar refractivity (Wildman–Crippen MR) is 48.8 cm³/mol. The maximum Gasteiger partial charge on any atom is 0.337 e. The van der Waals surface area contributed by atoms with E-state index in [9.17, 15) is 4.79 Å². The number of nitrogens with zero attached hydrogens (tertiary/aromatic N) is 1. The Kier molecular flexibility index (Phi) is 2.71. The fraction of sp³-hybridized carbons (Fsp3) is 0.143. The topological polar surface area (TPSA) is 39.2 Å². The lowest BCUT2D eigenvalue weighted by Crippen LogP contribution is -2.17. The molecule has 0 spiro atoms. The summed E-state index contributed by atoms with van der Waals surface area (Å²) >= 11 is 5.60. The van der Waals surface area contributed by atoms with Crippen LogP contribution in [0.5, 0.6) is 0 Å². The average molecular weight is 183 g/mol. The lowest BCUT2D eigenvalue weighted by atomic mass is 9.93. The monoisotopic (exact) mass is 183 g/mol. The Balaban J connectivity index is 3.13. The highest BCUT2D eigenvalue weighted by atomic mass is 35.5. The first-order chi connectivity index (χ1) is 5.65. The van der Waals surface area contributed by atoms with Crippen LogP contribution in [0.2, 0.25) is 5.15 Å². The summed E-state index contributed by atoms with van der Waals surface area (Å²) in [7, 11) is 3.10. The Bertz CT molecular complexity index is 316. The second-order valence-electron chi connectivity index (χ2n) is 2.31. The minimum absolute atomic E-state index is 0.293. The Morgan fingerprint density at radius 2 is 2.42 bits per heavy atom. The second kappa shape index (κ2) is 3.58. The number of carbonyl (C=O) groups is 1. The van der Waals surface area contributed by atoms with Crippen molar-refractivity contribution < 1.29 is 9.53 Å². The molecule has 0 aliphatic heterocycles. The Labute approximate surface area is 76.1 Å². The van der Waals surface area contributed by atoms with Gasteiger partial charge in [-0.25, -0.2) is 9.78 Å². The number of pyridine rings is 1. The van der Waals surface area contributed by atoms with Gasteiger partial charge in [-0.15, -0.1) is 0 Å². The van der Waals surface area contributed by atoms with Crippen molar-refractivity contribution in [1.29, 1.82) is 0 Å². The van der Waals surface area contributed by atoms with Gasteiger partial charge in [0.05, 0.1) is 12.7 Å². The third-order valence-electron chi connectivity index (χ3n) is 1.48. The first kappa shape index (κ1) is 9.07. The quantitative estimate of drug-likeness (QED) is 0.343. The van der Waals surface area contributed by atoms with Gasteiger partial charge in [-0.2, -0.15) is 0 Å². The van der Waals surface area contributed by atoms with Crippen molar-refractivity contribution in [2.45, 2.75) is 0 Å². The van der Waals surface area contributed by atoms with Crippen molar-refractivity contribution in [3.05, 3.63) is 23.0 Å². The van der Waals surface area contributed by atoms with Crippen LogP contribution < -0.4 is 5.46 Å². The average Bonchev–Trinajstić information content (AvgIpc) is 2.08. The van der Waals surface area contributed by atoms with E-state index in [0.29, 0.717) is 10.7 Å². The van der Waals surface area contributed by atoms with E-state index in [1.165, 1.54) is 19.4 Å². The van der Waals surface area contributed by atoms with Gasteiger partial charge in [0.15, 0.2) is 0 Å². The van der Waals surface area contributed by atoms with E-state index in [0.717, 1.165) is 5.46 Å². The van der Waals surface area contributed by atoms with Gasteiger partial charge in [0.2, 0.25) is 0 Å². The van der Waals surface area contributed by atoms with Gasteiger partial charge in [0.1, 0.15) is 13.0 Å². The molecule has 1 rings (SSSR count). The fourth-order valence-electron chi connectivity index (χ4n) is 0.828. The number of hydrogen-bond donors (Lipinski definition) is 0. The van der Waals surface area contributed by atoms with Gasteiger partial charge in [0, 0.05) is 6.20 Å². The number of methoxy groups -OCH3 is 1. The van der Waals surface area contributed by atoms with Crippen molar-refractivity contribution >= 4 is 30.9 Å². The fourth-order valence-corrected chi connectivity index (χ4v) is 0.986. The van der Waals surface area contributed by atoms with E-state index < -0.39 is 5.97 Å². The number of hydrogen-bond acceptors (Lipinski definition) is 3. The van der Waals surface area contributed by atoms with E-state index in [4.69, 9.17) is 11.6 Å². The summed E-state index contributed by atoms with van der Waals surface area (Å²) in [6.45, 7) is 0. The van der Waals surface area contributed by atoms with Gasteiger partial charge in [-0.1, -0.05) is 17.1 Å². The molecular weight excluding hydrogens is 176 g/mol. The molecule has 0 saturated heterocycles. The molecule has 0 atom stereocenters.